The molecule has 0 aliphatic heterocycles. The van der Waals surface area contributed by atoms with Gasteiger partial charge in [-0.2, -0.15) is 0 Å². The minimum absolute atomic E-state index is 0. The van der Waals surface area contributed by atoms with Crippen molar-refractivity contribution >= 4 is 0 Å². The van der Waals surface area contributed by atoms with Crippen LogP contribution in [0.4, 0.5) is 0 Å². The van der Waals surface area contributed by atoms with Crippen LogP contribution >= 0.6 is 0 Å². The van der Waals surface area contributed by atoms with Crippen LogP contribution in [0, 0.1) is 11.8 Å². The number of rotatable bonds is 1. The summed E-state index contributed by atoms with van der Waals surface area (Å²) in [7, 11) is 0. The van der Waals surface area contributed by atoms with E-state index in [1.165, 1.54) is 11.5 Å². The van der Waals surface area contributed by atoms with Crippen LogP contribution in [0.15, 0.2) is 23.8 Å². The molecule has 1 rings (SSSR count). The van der Waals surface area contributed by atoms with E-state index in [0.29, 0.717) is 5.92 Å². The van der Waals surface area contributed by atoms with Gasteiger partial charge in [-0.15, -0.1) is 18.6 Å². The van der Waals surface area contributed by atoms with Crippen molar-refractivity contribution < 1.29 is 19.8 Å². The van der Waals surface area contributed by atoms with Gasteiger partial charge in [-0.05, 0) is 5.92 Å². The van der Waals surface area contributed by atoms with Gasteiger partial charge in [0.15, 0.2) is 0 Å². The zero-order valence-corrected chi connectivity index (χ0v) is 9.91. The zero-order chi connectivity index (χ0) is 7.56. The number of hydrogen-bond donors (Lipinski definition) is 0. The molecule has 1 aliphatic rings. The molecule has 0 bridgehead atoms. The summed E-state index contributed by atoms with van der Waals surface area (Å²) in [5.74, 6) is 2.15. The Hall–Kier alpha value is -0.0136. The standard InChI is InChI=1S/C10H15.Os/c1-8(2)10-6-4-9(3)5-7-10;/h4,6-8H,5H2,1-3H3;/q-1;+1. The van der Waals surface area contributed by atoms with E-state index in [0.717, 1.165) is 6.42 Å². The largest absolute Gasteiger partial charge is 1.00 e. The predicted octanol–water partition coefficient (Wildman–Crippen LogP) is 3.12. The molecule has 0 unspecified atom stereocenters. The second-order valence-corrected chi connectivity index (χ2v) is 3.24. The minimum Gasteiger partial charge on any atom is -0.225 e. The topological polar surface area (TPSA) is 0 Å². The fraction of sp³-hybridized carbons (Fsp3) is 0.500. The van der Waals surface area contributed by atoms with Crippen LogP contribution in [-0.4, -0.2) is 0 Å². The molecule has 0 saturated carbocycles. The van der Waals surface area contributed by atoms with Gasteiger partial charge in [-0.3, -0.25) is 0 Å². The van der Waals surface area contributed by atoms with E-state index in [9.17, 15) is 0 Å². The molecule has 0 aromatic heterocycles. The Morgan fingerprint density at radius 1 is 1.45 bits per heavy atom. The molecular weight excluding hydrogens is 310 g/mol. The normalized spacial score (nSPS) is 16.4. The summed E-state index contributed by atoms with van der Waals surface area (Å²) in [6.45, 7) is 6.64. The molecule has 0 saturated heterocycles. The van der Waals surface area contributed by atoms with Crippen molar-refractivity contribution in [1.82, 2.24) is 0 Å². The van der Waals surface area contributed by atoms with Gasteiger partial charge in [-0.1, -0.05) is 20.3 Å². The molecule has 0 atom stereocenters. The molecule has 0 spiro atoms. The Bertz CT molecular complexity index is 166. The van der Waals surface area contributed by atoms with E-state index < -0.39 is 0 Å². The van der Waals surface area contributed by atoms with Crippen molar-refractivity contribution in [2.75, 3.05) is 0 Å². The van der Waals surface area contributed by atoms with Gasteiger partial charge < -0.3 is 0 Å². The predicted molar refractivity (Wildman–Crippen MR) is 45.6 cm³/mol. The first-order valence-electron chi connectivity index (χ1n) is 3.90. The van der Waals surface area contributed by atoms with E-state index in [4.69, 9.17) is 0 Å². The fourth-order valence-electron chi connectivity index (χ4n) is 1.08. The van der Waals surface area contributed by atoms with Gasteiger partial charge in [-0.25, -0.2) is 18.1 Å². The van der Waals surface area contributed by atoms with E-state index in [-0.39, 0.29) is 19.8 Å². The maximum absolute atomic E-state index is 2.32. The van der Waals surface area contributed by atoms with Crippen LogP contribution in [-0.2, 0) is 19.8 Å². The molecule has 0 fully saturated rings. The van der Waals surface area contributed by atoms with Crippen molar-refractivity contribution in [1.29, 1.82) is 0 Å². The first kappa shape index (κ1) is 11.0. The van der Waals surface area contributed by atoms with Crippen LogP contribution < -0.4 is 0 Å². The Morgan fingerprint density at radius 3 is 2.45 bits per heavy atom. The summed E-state index contributed by atoms with van der Waals surface area (Å²) in [5, 5.41) is 0. The molecule has 0 amide bonds. The fourth-order valence-corrected chi connectivity index (χ4v) is 1.08. The van der Waals surface area contributed by atoms with Crippen molar-refractivity contribution in [2.45, 2.75) is 27.2 Å². The monoisotopic (exact) mass is 327 g/mol. The van der Waals surface area contributed by atoms with Gasteiger partial charge in [0.1, 0.15) is 0 Å². The van der Waals surface area contributed by atoms with Crippen LogP contribution in [0.3, 0.4) is 0 Å². The average molecular weight is 325 g/mol. The molecule has 0 aromatic rings. The third kappa shape index (κ3) is 3.26. The Balaban J connectivity index is 0.000001000. The average Bonchev–Trinajstić information content (AvgIpc) is 1.88. The van der Waals surface area contributed by atoms with Crippen molar-refractivity contribution in [3.63, 3.8) is 0 Å². The molecule has 0 N–H and O–H groups in total. The SMILES string of the molecule is C[C-]1C=CC(C(C)C)=CC1.[Os+]. The van der Waals surface area contributed by atoms with Crippen molar-refractivity contribution in [3.05, 3.63) is 29.7 Å². The Labute approximate surface area is 82.8 Å². The number of allylic oxidation sites excluding steroid dienone is 4. The van der Waals surface area contributed by atoms with Gasteiger partial charge >= 0.3 is 19.8 Å². The summed E-state index contributed by atoms with van der Waals surface area (Å²) >= 11 is 0. The Kier molecular flexibility index (Phi) is 4.78. The number of hydrogen-bond acceptors (Lipinski definition) is 0. The van der Waals surface area contributed by atoms with Gasteiger partial charge in [0.2, 0.25) is 0 Å². The summed E-state index contributed by atoms with van der Waals surface area (Å²) in [6.07, 6.45) is 7.91. The van der Waals surface area contributed by atoms with E-state index >= 15 is 0 Å². The zero-order valence-electron chi connectivity index (χ0n) is 7.37. The van der Waals surface area contributed by atoms with Crippen LogP contribution in [0.5, 0.6) is 0 Å². The molecule has 0 aromatic carbocycles. The first-order valence-corrected chi connectivity index (χ1v) is 3.90. The third-order valence-corrected chi connectivity index (χ3v) is 1.89. The van der Waals surface area contributed by atoms with E-state index in [2.05, 4.69) is 39.0 Å². The molecule has 1 heteroatoms. The molecule has 1 radical (unpaired) electrons. The van der Waals surface area contributed by atoms with Crippen LogP contribution in [0.25, 0.3) is 0 Å². The van der Waals surface area contributed by atoms with Crippen LogP contribution in [0.2, 0.25) is 0 Å². The molecule has 11 heavy (non-hydrogen) atoms. The summed E-state index contributed by atoms with van der Waals surface area (Å²) in [4.78, 5) is 0. The van der Waals surface area contributed by atoms with E-state index in [1.54, 1.807) is 0 Å². The smallest absolute Gasteiger partial charge is 0.225 e. The van der Waals surface area contributed by atoms with Gasteiger partial charge in [0.05, 0.1) is 0 Å². The molecule has 0 heterocycles. The molecule has 0 nitrogen and oxygen atoms in total. The maximum atomic E-state index is 2.32. The van der Waals surface area contributed by atoms with Gasteiger partial charge in [0, 0.05) is 0 Å². The molecule has 63 valence electrons. The summed E-state index contributed by atoms with van der Waals surface area (Å²) in [5.41, 5.74) is 1.48. The van der Waals surface area contributed by atoms with Crippen molar-refractivity contribution in [3.8, 4) is 0 Å². The van der Waals surface area contributed by atoms with E-state index in [1.807, 2.05) is 0 Å². The first-order chi connectivity index (χ1) is 4.70. The minimum atomic E-state index is 0. The molecule has 1 aliphatic carbocycles. The second kappa shape index (κ2) is 4.78. The third-order valence-electron chi connectivity index (χ3n) is 1.89. The molecular formula is C10H15Os. The van der Waals surface area contributed by atoms with Crippen LogP contribution in [0.1, 0.15) is 27.2 Å². The van der Waals surface area contributed by atoms with Gasteiger partial charge in [0.25, 0.3) is 0 Å². The quantitative estimate of drug-likeness (QED) is 0.650. The summed E-state index contributed by atoms with van der Waals surface area (Å²) < 4.78 is 0. The Morgan fingerprint density at radius 2 is 2.09 bits per heavy atom. The summed E-state index contributed by atoms with van der Waals surface area (Å²) in [6, 6.07) is 0. The second-order valence-electron chi connectivity index (χ2n) is 3.24. The maximum Gasteiger partial charge on any atom is 1.00 e. The van der Waals surface area contributed by atoms with Crippen molar-refractivity contribution in [2.24, 2.45) is 5.92 Å².